The van der Waals surface area contributed by atoms with E-state index in [2.05, 4.69) is 0 Å². The second-order valence-electron chi connectivity index (χ2n) is 5.06. The van der Waals surface area contributed by atoms with Crippen LogP contribution in [-0.4, -0.2) is 48.4 Å². The third-order valence-corrected chi connectivity index (χ3v) is 5.60. The number of sulfonamides is 1. The second-order valence-corrected chi connectivity index (χ2v) is 6.95. The first kappa shape index (κ1) is 17.2. The molecule has 0 aromatic heterocycles. The van der Waals surface area contributed by atoms with E-state index in [0.717, 1.165) is 10.4 Å². The van der Waals surface area contributed by atoms with E-state index in [4.69, 9.17) is 4.74 Å². The number of rotatable bonds is 5. The molecule has 0 aliphatic carbocycles. The molecule has 1 fully saturated rings. The van der Waals surface area contributed by atoms with Crippen LogP contribution in [0.4, 0.5) is 5.69 Å². The maximum Gasteiger partial charge on any atom is 0.322 e. The minimum Gasteiger partial charge on any atom is -0.490 e. The molecule has 1 aromatic rings. The van der Waals surface area contributed by atoms with Gasteiger partial charge in [0.2, 0.25) is 10.0 Å². The Balaban J connectivity index is 2.48. The van der Waals surface area contributed by atoms with E-state index in [1.54, 1.807) is 0 Å². The maximum absolute atomic E-state index is 12.7. The van der Waals surface area contributed by atoms with Crippen LogP contribution in [-0.2, 0) is 14.8 Å². The summed E-state index contributed by atoms with van der Waals surface area (Å²) in [6.07, 6.45) is 1.37. The smallest absolute Gasteiger partial charge is 0.322 e. The normalized spacial score (nSPS) is 19.3. The maximum atomic E-state index is 12.7. The van der Waals surface area contributed by atoms with Crippen LogP contribution in [0.3, 0.4) is 0 Å². The van der Waals surface area contributed by atoms with Crippen LogP contribution in [0.5, 0.6) is 5.75 Å². The van der Waals surface area contributed by atoms with Crippen molar-refractivity contribution in [1.82, 2.24) is 4.31 Å². The van der Waals surface area contributed by atoms with Crippen molar-refractivity contribution in [2.24, 2.45) is 0 Å². The molecule has 0 spiro atoms. The van der Waals surface area contributed by atoms with Crippen LogP contribution in [0.25, 0.3) is 0 Å². The van der Waals surface area contributed by atoms with Crippen LogP contribution < -0.4 is 4.74 Å². The third-order valence-electron chi connectivity index (χ3n) is 3.69. The van der Waals surface area contributed by atoms with Gasteiger partial charge in [0.25, 0.3) is 0 Å². The molecule has 0 bridgehead atoms. The monoisotopic (exact) mass is 344 g/mol. The number of hydrogen-bond donors (Lipinski definition) is 1. The van der Waals surface area contributed by atoms with Gasteiger partial charge >= 0.3 is 11.7 Å². The highest BCUT2D eigenvalue weighted by molar-refractivity contribution is 7.89. The van der Waals surface area contributed by atoms with Crippen molar-refractivity contribution in [2.45, 2.75) is 30.2 Å². The molecule has 2 rings (SSSR count). The topological polar surface area (TPSA) is 127 Å². The number of aliphatic carboxylic acids is 1. The molecule has 0 amide bonds. The SMILES string of the molecule is COc1ccc(S(=O)(=O)N2CCCCC2C(=O)O)cc1[N+](=O)[O-]. The quantitative estimate of drug-likeness (QED) is 0.628. The summed E-state index contributed by atoms with van der Waals surface area (Å²) in [7, 11) is -2.91. The fourth-order valence-corrected chi connectivity index (χ4v) is 4.22. The lowest BCUT2D eigenvalue weighted by atomic mass is 10.1. The van der Waals surface area contributed by atoms with Gasteiger partial charge in [0.1, 0.15) is 6.04 Å². The number of nitro benzene ring substituents is 1. The summed E-state index contributed by atoms with van der Waals surface area (Å²) in [4.78, 5) is 21.2. The number of carbonyl (C=O) groups is 1. The molecule has 1 atom stereocenters. The van der Waals surface area contributed by atoms with Crippen molar-refractivity contribution in [2.75, 3.05) is 13.7 Å². The highest BCUT2D eigenvalue weighted by Crippen LogP contribution is 2.32. The zero-order valence-corrected chi connectivity index (χ0v) is 13.2. The van der Waals surface area contributed by atoms with Crippen molar-refractivity contribution in [3.63, 3.8) is 0 Å². The van der Waals surface area contributed by atoms with Gasteiger partial charge in [-0.3, -0.25) is 14.9 Å². The van der Waals surface area contributed by atoms with Crippen LogP contribution in [0, 0.1) is 10.1 Å². The molecule has 1 heterocycles. The number of nitrogens with zero attached hydrogens (tertiary/aromatic N) is 2. The number of benzene rings is 1. The van der Waals surface area contributed by atoms with Crippen molar-refractivity contribution in [3.05, 3.63) is 28.3 Å². The van der Waals surface area contributed by atoms with E-state index in [-0.39, 0.29) is 23.6 Å². The number of hydrogen-bond acceptors (Lipinski definition) is 6. The van der Waals surface area contributed by atoms with Gasteiger partial charge in [0.05, 0.1) is 16.9 Å². The van der Waals surface area contributed by atoms with Gasteiger partial charge in [-0.1, -0.05) is 0 Å². The number of piperidine rings is 1. The second kappa shape index (κ2) is 6.50. The first-order chi connectivity index (χ1) is 10.8. The number of methoxy groups -OCH3 is 1. The lowest BCUT2D eigenvalue weighted by molar-refractivity contribution is -0.386. The van der Waals surface area contributed by atoms with Gasteiger partial charge in [-0.2, -0.15) is 4.31 Å². The van der Waals surface area contributed by atoms with Gasteiger partial charge in [-0.25, -0.2) is 8.42 Å². The molecule has 23 heavy (non-hydrogen) atoms. The van der Waals surface area contributed by atoms with E-state index < -0.39 is 32.6 Å². The Bertz CT molecular complexity index is 732. The average molecular weight is 344 g/mol. The summed E-state index contributed by atoms with van der Waals surface area (Å²) in [6.45, 7) is 0.0686. The van der Waals surface area contributed by atoms with Crippen molar-refractivity contribution >= 4 is 21.7 Å². The molecule has 1 N–H and O–H groups in total. The first-order valence-corrected chi connectivity index (χ1v) is 8.30. The van der Waals surface area contributed by atoms with E-state index in [9.17, 15) is 28.4 Å². The van der Waals surface area contributed by atoms with E-state index in [1.807, 2.05) is 0 Å². The average Bonchev–Trinajstić information content (AvgIpc) is 2.54. The molecule has 9 nitrogen and oxygen atoms in total. The standard InChI is InChI=1S/C13H16N2O7S/c1-22-12-6-5-9(8-11(12)15(18)19)23(20,21)14-7-3-2-4-10(14)13(16)17/h5-6,8,10H,2-4,7H2,1H3,(H,16,17). The Kier molecular flexibility index (Phi) is 4.85. The Morgan fingerprint density at radius 2 is 2.13 bits per heavy atom. The number of ether oxygens (including phenoxy) is 1. The zero-order chi connectivity index (χ0) is 17.2. The van der Waals surface area contributed by atoms with Gasteiger partial charge in [-0.15, -0.1) is 0 Å². The van der Waals surface area contributed by atoms with E-state index in [0.29, 0.717) is 12.8 Å². The Morgan fingerprint density at radius 1 is 1.43 bits per heavy atom. The minimum atomic E-state index is -4.14. The molecule has 1 aliphatic heterocycles. The van der Waals surface area contributed by atoms with Gasteiger partial charge in [0.15, 0.2) is 5.75 Å². The molecular formula is C13H16N2O7S. The summed E-state index contributed by atoms with van der Waals surface area (Å²) in [5.41, 5.74) is -0.488. The Labute approximate surface area is 132 Å². The molecule has 1 aliphatic rings. The molecule has 1 saturated heterocycles. The molecule has 126 valence electrons. The van der Waals surface area contributed by atoms with E-state index in [1.165, 1.54) is 19.2 Å². The summed E-state index contributed by atoms with van der Waals surface area (Å²) in [5, 5.41) is 20.2. The van der Waals surface area contributed by atoms with Crippen LogP contribution >= 0.6 is 0 Å². The fourth-order valence-electron chi connectivity index (χ4n) is 2.55. The number of carboxylic acid groups (broad SMARTS) is 1. The van der Waals surface area contributed by atoms with Gasteiger partial charge < -0.3 is 9.84 Å². The highest BCUT2D eigenvalue weighted by atomic mass is 32.2. The molecule has 1 unspecified atom stereocenters. The summed E-state index contributed by atoms with van der Waals surface area (Å²) in [6, 6.07) is 2.09. The van der Waals surface area contributed by atoms with Gasteiger partial charge in [-0.05, 0) is 31.4 Å². The number of nitro groups is 1. The number of carboxylic acids is 1. The molecular weight excluding hydrogens is 328 g/mol. The summed E-state index contributed by atoms with van der Waals surface area (Å²) >= 11 is 0. The first-order valence-electron chi connectivity index (χ1n) is 6.86. The van der Waals surface area contributed by atoms with Crippen LogP contribution in [0.2, 0.25) is 0 Å². The largest absolute Gasteiger partial charge is 0.490 e. The molecule has 1 aromatic carbocycles. The lowest BCUT2D eigenvalue weighted by Crippen LogP contribution is -2.47. The van der Waals surface area contributed by atoms with Crippen LogP contribution in [0.15, 0.2) is 23.1 Å². The Morgan fingerprint density at radius 3 is 2.70 bits per heavy atom. The Hall–Kier alpha value is -2.20. The lowest BCUT2D eigenvalue weighted by Gasteiger charge is -2.31. The highest BCUT2D eigenvalue weighted by Gasteiger charge is 2.38. The predicted molar refractivity (Wildman–Crippen MR) is 78.8 cm³/mol. The fraction of sp³-hybridized carbons (Fsp3) is 0.462. The molecule has 0 radical (unpaired) electrons. The van der Waals surface area contributed by atoms with Crippen molar-refractivity contribution in [1.29, 1.82) is 0 Å². The molecule has 0 saturated carbocycles. The summed E-state index contributed by atoms with van der Waals surface area (Å²) < 4.78 is 31.1. The molecule has 10 heteroatoms. The van der Waals surface area contributed by atoms with Crippen molar-refractivity contribution in [3.8, 4) is 5.75 Å². The zero-order valence-electron chi connectivity index (χ0n) is 12.3. The third kappa shape index (κ3) is 3.27. The van der Waals surface area contributed by atoms with Crippen LogP contribution in [0.1, 0.15) is 19.3 Å². The summed E-state index contributed by atoms with van der Waals surface area (Å²) in [5.74, 6) is -1.29. The van der Waals surface area contributed by atoms with E-state index >= 15 is 0 Å². The predicted octanol–water partition coefficient (Wildman–Crippen LogP) is 1.23. The van der Waals surface area contributed by atoms with Crippen molar-refractivity contribution < 1.29 is 28.0 Å². The minimum absolute atomic E-state index is 0.0672. The van der Waals surface area contributed by atoms with Gasteiger partial charge in [0, 0.05) is 12.6 Å².